The van der Waals surface area contributed by atoms with Crippen molar-refractivity contribution in [3.63, 3.8) is 0 Å². The second-order valence-corrected chi connectivity index (χ2v) is 3.81. The molecule has 1 aromatic heterocycles. The highest BCUT2D eigenvalue weighted by molar-refractivity contribution is 7.17. The van der Waals surface area contributed by atoms with Crippen molar-refractivity contribution in [2.45, 2.75) is 6.61 Å². The van der Waals surface area contributed by atoms with E-state index >= 15 is 0 Å². The van der Waals surface area contributed by atoms with Gasteiger partial charge in [-0.1, -0.05) is 0 Å². The fourth-order valence-corrected chi connectivity index (χ4v) is 2.36. The van der Waals surface area contributed by atoms with Gasteiger partial charge in [0.05, 0.1) is 13.7 Å². The number of thiophene rings is 1. The molecule has 0 unspecified atom stereocenters. The maximum atomic E-state index is 9.59. The van der Waals surface area contributed by atoms with Crippen molar-refractivity contribution in [1.82, 2.24) is 0 Å². The topological polar surface area (TPSA) is 49.7 Å². The van der Waals surface area contributed by atoms with Crippen molar-refractivity contribution in [2.75, 3.05) is 7.11 Å². The van der Waals surface area contributed by atoms with Gasteiger partial charge in [-0.2, -0.15) is 0 Å². The van der Waals surface area contributed by atoms with E-state index in [-0.39, 0.29) is 12.4 Å². The molecule has 0 atom stereocenters. The SMILES string of the molecule is COc1ccc2scc(O)c2c1CO. The second-order valence-electron chi connectivity index (χ2n) is 2.90. The Morgan fingerprint density at radius 1 is 1.43 bits per heavy atom. The lowest BCUT2D eigenvalue weighted by Gasteiger charge is -2.07. The summed E-state index contributed by atoms with van der Waals surface area (Å²) in [6.07, 6.45) is 0. The summed E-state index contributed by atoms with van der Waals surface area (Å²) in [5.41, 5.74) is 0.642. The first-order valence-electron chi connectivity index (χ1n) is 4.14. The normalized spacial score (nSPS) is 10.7. The van der Waals surface area contributed by atoms with E-state index in [4.69, 9.17) is 4.74 Å². The maximum absolute atomic E-state index is 9.59. The average molecular weight is 210 g/mol. The molecule has 14 heavy (non-hydrogen) atoms. The van der Waals surface area contributed by atoms with Crippen molar-refractivity contribution in [3.05, 3.63) is 23.1 Å². The van der Waals surface area contributed by atoms with Crippen LogP contribution in [0.25, 0.3) is 10.1 Å². The van der Waals surface area contributed by atoms with Crippen molar-refractivity contribution in [1.29, 1.82) is 0 Å². The van der Waals surface area contributed by atoms with E-state index in [1.165, 1.54) is 11.3 Å². The van der Waals surface area contributed by atoms with Gasteiger partial charge < -0.3 is 14.9 Å². The van der Waals surface area contributed by atoms with Gasteiger partial charge in [-0.05, 0) is 12.1 Å². The van der Waals surface area contributed by atoms with Gasteiger partial charge in [-0.15, -0.1) is 11.3 Å². The van der Waals surface area contributed by atoms with Gasteiger partial charge in [-0.25, -0.2) is 0 Å². The Kier molecular flexibility index (Phi) is 2.31. The fraction of sp³-hybridized carbons (Fsp3) is 0.200. The summed E-state index contributed by atoms with van der Waals surface area (Å²) in [6.45, 7) is -0.134. The molecule has 2 N–H and O–H groups in total. The number of methoxy groups -OCH3 is 1. The van der Waals surface area contributed by atoms with E-state index in [1.807, 2.05) is 6.07 Å². The third-order valence-corrected chi connectivity index (χ3v) is 3.10. The zero-order valence-electron chi connectivity index (χ0n) is 7.65. The van der Waals surface area contributed by atoms with E-state index in [0.29, 0.717) is 16.7 Å². The largest absolute Gasteiger partial charge is 0.506 e. The van der Waals surface area contributed by atoms with Crippen LogP contribution in [0.2, 0.25) is 0 Å². The van der Waals surface area contributed by atoms with Crippen LogP contribution in [0.4, 0.5) is 0 Å². The van der Waals surface area contributed by atoms with Gasteiger partial charge in [0.2, 0.25) is 0 Å². The van der Waals surface area contributed by atoms with E-state index in [1.54, 1.807) is 18.6 Å². The van der Waals surface area contributed by atoms with Crippen LogP contribution in [0.3, 0.4) is 0 Å². The number of aliphatic hydroxyl groups excluding tert-OH is 1. The molecule has 0 saturated carbocycles. The average Bonchev–Trinajstić information content (AvgIpc) is 2.59. The zero-order chi connectivity index (χ0) is 10.1. The predicted molar refractivity (Wildman–Crippen MR) is 56.0 cm³/mol. The molecule has 0 aliphatic heterocycles. The quantitative estimate of drug-likeness (QED) is 0.798. The summed E-state index contributed by atoms with van der Waals surface area (Å²) >= 11 is 1.45. The van der Waals surface area contributed by atoms with Crippen LogP contribution in [0.15, 0.2) is 17.5 Å². The predicted octanol–water partition coefficient (Wildman–Crippen LogP) is 2.11. The summed E-state index contributed by atoms with van der Waals surface area (Å²) in [7, 11) is 1.55. The van der Waals surface area contributed by atoms with Crippen molar-refractivity contribution in [2.24, 2.45) is 0 Å². The minimum atomic E-state index is -0.134. The van der Waals surface area contributed by atoms with E-state index in [0.717, 1.165) is 4.70 Å². The highest BCUT2D eigenvalue weighted by atomic mass is 32.1. The number of fused-ring (bicyclic) bond motifs is 1. The molecule has 1 heterocycles. The Bertz CT molecular complexity index is 462. The second kappa shape index (κ2) is 3.48. The standard InChI is InChI=1S/C10H10O3S/c1-13-8-2-3-9-10(6(8)4-11)7(12)5-14-9/h2-3,5,11-12H,4H2,1H3. The fourth-order valence-electron chi connectivity index (χ4n) is 1.51. The van der Waals surface area contributed by atoms with Gasteiger partial charge in [0.15, 0.2) is 0 Å². The number of aliphatic hydroxyl groups is 1. The van der Waals surface area contributed by atoms with Crippen LogP contribution in [0, 0.1) is 0 Å². The first kappa shape index (κ1) is 9.30. The molecule has 0 fully saturated rings. The van der Waals surface area contributed by atoms with Crippen LogP contribution in [0.5, 0.6) is 11.5 Å². The lowest BCUT2D eigenvalue weighted by molar-refractivity contribution is 0.275. The molecular formula is C10H10O3S. The number of rotatable bonds is 2. The van der Waals surface area contributed by atoms with Gasteiger partial charge in [0.25, 0.3) is 0 Å². The Morgan fingerprint density at radius 2 is 2.21 bits per heavy atom. The van der Waals surface area contributed by atoms with Crippen LogP contribution >= 0.6 is 11.3 Å². The summed E-state index contributed by atoms with van der Waals surface area (Å²) in [5.74, 6) is 0.807. The Morgan fingerprint density at radius 3 is 2.86 bits per heavy atom. The number of hydrogen-bond acceptors (Lipinski definition) is 4. The molecule has 0 radical (unpaired) electrons. The highest BCUT2D eigenvalue weighted by Crippen LogP contribution is 2.38. The van der Waals surface area contributed by atoms with Crippen LogP contribution in [0.1, 0.15) is 5.56 Å². The molecule has 74 valence electrons. The molecule has 2 aromatic rings. The monoisotopic (exact) mass is 210 g/mol. The van der Waals surface area contributed by atoms with E-state index in [2.05, 4.69) is 0 Å². The maximum Gasteiger partial charge on any atom is 0.134 e. The van der Waals surface area contributed by atoms with Crippen molar-refractivity contribution < 1.29 is 14.9 Å². The molecular weight excluding hydrogens is 200 g/mol. The molecule has 0 aliphatic carbocycles. The van der Waals surface area contributed by atoms with Crippen molar-refractivity contribution >= 4 is 21.4 Å². The number of benzene rings is 1. The number of aromatic hydroxyl groups is 1. The summed E-state index contributed by atoms with van der Waals surface area (Å²) in [5, 5.41) is 21.1. The van der Waals surface area contributed by atoms with E-state index < -0.39 is 0 Å². The first-order valence-corrected chi connectivity index (χ1v) is 5.02. The van der Waals surface area contributed by atoms with Gasteiger partial charge in [-0.3, -0.25) is 0 Å². The van der Waals surface area contributed by atoms with Gasteiger partial charge in [0.1, 0.15) is 11.5 Å². The summed E-state index contributed by atoms with van der Waals surface area (Å²) in [6, 6.07) is 3.67. The molecule has 1 aromatic carbocycles. The summed E-state index contributed by atoms with van der Waals surface area (Å²) in [4.78, 5) is 0. The molecule has 2 rings (SSSR count). The van der Waals surface area contributed by atoms with Crippen LogP contribution in [-0.4, -0.2) is 17.3 Å². The van der Waals surface area contributed by atoms with Crippen LogP contribution in [-0.2, 0) is 6.61 Å². The van der Waals surface area contributed by atoms with Crippen molar-refractivity contribution in [3.8, 4) is 11.5 Å². The van der Waals surface area contributed by atoms with Gasteiger partial charge >= 0.3 is 0 Å². The molecule has 0 amide bonds. The first-order chi connectivity index (χ1) is 6.77. The van der Waals surface area contributed by atoms with Gasteiger partial charge in [0, 0.05) is 21.0 Å². The highest BCUT2D eigenvalue weighted by Gasteiger charge is 2.12. The smallest absolute Gasteiger partial charge is 0.134 e. The lowest BCUT2D eigenvalue weighted by atomic mass is 10.1. The zero-order valence-corrected chi connectivity index (χ0v) is 8.47. The number of hydrogen-bond donors (Lipinski definition) is 2. The minimum Gasteiger partial charge on any atom is -0.506 e. The third kappa shape index (κ3) is 1.23. The Balaban J connectivity index is 2.81. The molecule has 4 heteroatoms. The molecule has 3 nitrogen and oxygen atoms in total. The van der Waals surface area contributed by atoms with E-state index in [9.17, 15) is 10.2 Å². The van der Waals surface area contributed by atoms with Crippen LogP contribution < -0.4 is 4.74 Å². The molecule has 0 spiro atoms. The lowest BCUT2D eigenvalue weighted by Crippen LogP contribution is -1.91. The summed E-state index contributed by atoms with van der Waals surface area (Å²) < 4.78 is 6.05. The Labute approximate surface area is 85.2 Å². The number of ether oxygens (including phenoxy) is 1. The minimum absolute atomic E-state index is 0.134. The Hall–Kier alpha value is -1.26. The molecule has 0 saturated heterocycles. The molecule has 0 aliphatic rings. The third-order valence-electron chi connectivity index (χ3n) is 2.16. The molecule has 0 bridgehead atoms.